The third-order valence-corrected chi connectivity index (χ3v) is 6.79. The lowest BCUT2D eigenvalue weighted by Gasteiger charge is -2.37. The lowest BCUT2D eigenvalue weighted by molar-refractivity contribution is 0.0523. The fourth-order valence-corrected chi connectivity index (χ4v) is 4.60. The van der Waals surface area contributed by atoms with Crippen LogP contribution in [0.2, 0.25) is 10.0 Å². The van der Waals surface area contributed by atoms with Gasteiger partial charge >= 0.3 is 5.97 Å². The number of pyridine rings is 1. The first-order valence-electron chi connectivity index (χ1n) is 11.0. The molecule has 1 amide bonds. The number of aromatic nitrogens is 1. The topological polar surface area (TPSA) is 71.8 Å². The van der Waals surface area contributed by atoms with Crippen molar-refractivity contribution >= 4 is 51.7 Å². The van der Waals surface area contributed by atoms with E-state index >= 15 is 0 Å². The minimum atomic E-state index is -0.643. The second kappa shape index (κ2) is 10.7. The van der Waals surface area contributed by atoms with E-state index in [1.807, 2.05) is 30.0 Å². The van der Waals surface area contributed by atoms with E-state index in [0.717, 1.165) is 16.5 Å². The summed E-state index contributed by atoms with van der Waals surface area (Å²) in [7, 11) is 1.65. The Hall–Kier alpha value is -3.03. The summed E-state index contributed by atoms with van der Waals surface area (Å²) >= 11 is 12.1. The van der Waals surface area contributed by atoms with Crippen molar-refractivity contribution in [1.29, 1.82) is 0 Å². The molecule has 0 aliphatic carbocycles. The standard InChI is InChI=1S/C25H25Cl2N3O4.CH4/c1-4-34-25(33)21-22(17-13-15(2)5-8-20(17)28(3)24(21)32)29-9-11-30(12-10-29)23(31)16-6-7-18(26)19(27)14-16;/h5-8,13-14H,4,9-12H2,1-3H3;1H4. The van der Waals surface area contributed by atoms with Gasteiger partial charge in [-0.1, -0.05) is 42.3 Å². The van der Waals surface area contributed by atoms with E-state index in [0.29, 0.717) is 47.5 Å². The lowest BCUT2D eigenvalue weighted by atomic mass is 10.0. The zero-order valence-corrected chi connectivity index (χ0v) is 20.7. The average Bonchev–Trinajstić information content (AvgIpc) is 2.82. The number of rotatable bonds is 4. The molecular formula is C26H29Cl2N3O4. The van der Waals surface area contributed by atoms with Gasteiger partial charge in [-0.25, -0.2) is 4.79 Å². The third-order valence-electron chi connectivity index (χ3n) is 6.05. The first kappa shape index (κ1) is 26.6. The van der Waals surface area contributed by atoms with Crippen LogP contribution in [0.15, 0.2) is 41.2 Å². The van der Waals surface area contributed by atoms with Crippen LogP contribution in [0, 0.1) is 6.92 Å². The molecule has 2 aromatic carbocycles. The molecule has 2 heterocycles. The number of anilines is 1. The molecule has 9 heteroatoms. The SMILES string of the molecule is C.CCOC(=O)c1c(N2CCN(C(=O)c3ccc(Cl)c(Cl)c3)CC2)c2cc(C)ccc2n(C)c1=O. The molecule has 1 fully saturated rings. The van der Waals surface area contributed by atoms with Crippen molar-refractivity contribution < 1.29 is 14.3 Å². The Balaban J connectivity index is 0.00000342. The summed E-state index contributed by atoms with van der Waals surface area (Å²) in [6.45, 7) is 5.59. The fraction of sp³-hybridized carbons (Fsp3) is 0.346. The summed E-state index contributed by atoms with van der Waals surface area (Å²) in [6, 6.07) is 10.6. The minimum Gasteiger partial charge on any atom is -0.462 e. The van der Waals surface area contributed by atoms with Crippen LogP contribution < -0.4 is 10.5 Å². The van der Waals surface area contributed by atoms with Gasteiger partial charge in [0.2, 0.25) is 0 Å². The van der Waals surface area contributed by atoms with Crippen molar-refractivity contribution in [2.75, 3.05) is 37.7 Å². The number of hydrogen-bond acceptors (Lipinski definition) is 5. The fourth-order valence-electron chi connectivity index (χ4n) is 4.31. The molecule has 1 aliphatic heterocycles. The maximum atomic E-state index is 13.2. The Morgan fingerprint density at radius 1 is 1.00 bits per heavy atom. The van der Waals surface area contributed by atoms with Crippen LogP contribution in [0.1, 0.15) is 40.6 Å². The molecule has 0 N–H and O–H groups in total. The first-order chi connectivity index (χ1) is 16.2. The Bertz CT molecular complexity index is 1340. The van der Waals surface area contributed by atoms with Crippen LogP contribution in [-0.2, 0) is 11.8 Å². The summed E-state index contributed by atoms with van der Waals surface area (Å²) in [5.41, 5.74) is 2.38. The molecule has 0 bridgehead atoms. The van der Waals surface area contributed by atoms with Gasteiger partial charge in [0.1, 0.15) is 5.56 Å². The zero-order chi connectivity index (χ0) is 24.6. The van der Waals surface area contributed by atoms with E-state index in [4.69, 9.17) is 27.9 Å². The number of hydrogen-bond donors (Lipinski definition) is 0. The van der Waals surface area contributed by atoms with Crippen molar-refractivity contribution in [1.82, 2.24) is 9.47 Å². The molecule has 0 radical (unpaired) electrons. The first-order valence-corrected chi connectivity index (χ1v) is 11.8. The van der Waals surface area contributed by atoms with Crippen molar-refractivity contribution in [3.05, 3.63) is 73.5 Å². The number of benzene rings is 2. The molecule has 1 aliphatic rings. The van der Waals surface area contributed by atoms with Gasteiger partial charge in [-0.3, -0.25) is 9.59 Å². The van der Waals surface area contributed by atoms with Gasteiger partial charge in [0.15, 0.2) is 0 Å². The largest absolute Gasteiger partial charge is 0.462 e. The predicted molar refractivity (Wildman–Crippen MR) is 141 cm³/mol. The van der Waals surface area contributed by atoms with E-state index in [1.54, 1.807) is 37.1 Å². The van der Waals surface area contributed by atoms with Gasteiger partial charge in [0, 0.05) is 44.2 Å². The Morgan fingerprint density at radius 3 is 2.31 bits per heavy atom. The van der Waals surface area contributed by atoms with E-state index in [1.165, 1.54) is 4.57 Å². The van der Waals surface area contributed by atoms with E-state index < -0.39 is 11.5 Å². The highest BCUT2D eigenvalue weighted by Crippen LogP contribution is 2.31. The summed E-state index contributed by atoms with van der Waals surface area (Å²) in [5.74, 6) is -0.788. The van der Waals surface area contributed by atoms with E-state index in [2.05, 4.69) is 0 Å². The lowest BCUT2D eigenvalue weighted by Crippen LogP contribution is -2.49. The smallest absolute Gasteiger partial charge is 0.345 e. The van der Waals surface area contributed by atoms with Gasteiger partial charge in [0.05, 0.1) is 27.9 Å². The van der Waals surface area contributed by atoms with Crippen molar-refractivity contribution in [3.8, 4) is 0 Å². The van der Waals surface area contributed by atoms with Crippen LogP contribution in [-0.4, -0.2) is 54.1 Å². The Labute approximate surface area is 214 Å². The molecule has 0 atom stereocenters. The average molecular weight is 518 g/mol. The molecule has 186 valence electrons. The number of piperazine rings is 1. The summed E-state index contributed by atoms with van der Waals surface area (Å²) < 4.78 is 6.73. The Kier molecular flexibility index (Phi) is 8.13. The highest BCUT2D eigenvalue weighted by atomic mass is 35.5. The molecule has 1 saturated heterocycles. The zero-order valence-electron chi connectivity index (χ0n) is 19.2. The molecule has 7 nitrogen and oxygen atoms in total. The van der Waals surface area contributed by atoms with Gasteiger partial charge in [0.25, 0.3) is 11.5 Å². The predicted octanol–water partition coefficient (Wildman–Crippen LogP) is 4.93. The number of nitrogens with zero attached hydrogens (tertiary/aromatic N) is 3. The molecule has 35 heavy (non-hydrogen) atoms. The molecule has 4 rings (SSSR count). The number of halogens is 2. The normalized spacial score (nSPS) is 13.5. The van der Waals surface area contributed by atoms with Crippen LogP contribution in [0.3, 0.4) is 0 Å². The number of carbonyl (C=O) groups excluding carboxylic acids is 2. The van der Waals surface area contributed by atoms with Crippen LogP contribution in [0.5, 0.6) is 0 Å². The number of esters is 1. The number of aryl methyl sites for hydroxylation is 2. The van der Waals surface area contributed by atoms with Crippen molar-refractivity contribution in [2.45, 2.75) is 21.3 Å². The minimum absolute atomic E-state index is 0. The van der Waals surface area contributed by atoms with Gasteiger partial charge in [-0.2, -0.15) is 0 Å². The highest BCUT2D eigenvalue weighted by Gasteiger charge is 2.30. The van der Waals surface area contributed by atoms with Crippen LogP contribution in [0.25, 0.3) is 10.9 Å². The Morgan fingerprint density at radius 2 is 1.69 bits per heavy atom. The number of carbonyl (C=O) groups is 2. The molecule has 1 aromatic heterocycles. The maximum absolute atomic E-state index is 13.2. The molecule has 0 unspecified atom stereocenters. The van der Waals surface area contributed by atoms with Crippen molar-refractivity contribution in [3.63, 3.8) is 0 Å². The summed E-state index contributed by atoms with van der Waals surface area (Å²) in [4.78, 5) is 42.8. The third kappa shape index (κ3) is 5.02. The summed E-state index contributed by atoms with van der Waals surface area (Å²) in [6.07, 6.45) is 0. The van der Waals surface area contributed by atoms with Crippen LogP contribution >= 0.6 is 23.2 Å². The maximum Gasteiger partial charge on any atom is 0.345 e. The van der Waals surface area contributed by atoms with Gasteiger partial charge < -0.3 is 19.1 Å². The van der Waals surface area contributed by atoms with Crippen LogP contribution in [0.4, 0.5) is 5.69 Å². The van der Waals surface area contributed by atoms with Gasteiger partial charge in [-0.05, 0) is 44.2 Å². The molecule has 0 spiro atoms. The summed E-state index contributed by atoms with van der Waals surface area (Å²) in [5, 5.41) is 1.52. The highest BCUT2D eigenvalue weighted by molar-refractivity contribution is 6.42. The molecule has 0 saturated carbocycles. The quantitative estimate of drug-likeness (QED) is 0.458. The van der Waals surface area contributed by atoms with Gasteiger partial charge in [-0.15, -0.1) is 0 Å². The van der Waals surface area contributed by atoms with E-state index in [-0.39, 0.29) is 25.5 Å². The second-order valence-corrected chi connectivity index (χ2v) is 9.05. The monoisotopic (exact) mass is 517 g/mol. The number of ether oxygens (including phenoxy) is 1. The molecular weight excluding hydrogens is 489 g/mol. The van der Waals surface area contributed by atoms with E-state index in [9.17, 15) is 14.4 Å². The number of fused-ring (bicyclic) bond motifs is 1. The number of amides is 1. The molecule has 3 aromatic rings. The second-order valence-electron chi connectivity index (χ2n) is 8.24. The van der Waals surface area contributed by atoms with Crippen molar-refractivity contribution in [2.24, 2.45) is 7.05 Å².